The highest BCUT2D eigenvalue weighted by Crippen LogP contribution is 2.46. The zero-order chi connectivity index (χ0) is 12.3. The molecule has 0 bridgehead atoms. The summed E-state index contributed by atoms with van der Waals surface area (Å²) in [6.45, 7) is 7.48. The van der Waals surface area contributed by atoms with Crippen molar-refractivity contribution in [3.05, 3.63) is 11.4 Å². The Morgan fingerprint density at radius 2 is 2.00 bits per heavy atom. The van der Waals surface area contributed by atoms with Crippen molar-refractivity contribution >= 4 is 7.14 Å². The first-order valence-electron chi connectivity index (χ1n) is 5.98. The van der Waals surface area contributed by atoms with Gasteiger partial charge in [0.25, 0.3) is 0 Å². The van der Waals surface area contributed by atoms with Crippen LogP contribution in [0.4, 0.5) is 4.39 Å². The van der Waals surface area contributed by atoms with Crippen LogP contribution in [0, 0.1) is 5.92 Å². The summed E-state index contributed by atoms with van der Waals surface area (Å²) in [5.41, 5.74) is 0.686. The number of ether oxygens (including phenoxy) is 1. The van der Waals surface area contributed by atoms with Crippen LogP contribution in [0.1, 0.15) is 34.1 Å². The number of halogens is 1. The van der Waals surface area contributed by atoms with E-state index in [-0.39, 0.29) is 17.8 Å². The number of allylic oxidation sites excluding steroid dienone is 1. The Morgan fingerprint density at radius 3 is 2.38 bits per heavy atom. The maximum absolute atomic E-state index is 13.5. The molecule has 2 unspecified atom stereocenters. The second-order valence-corrected chi connectivity index (χ2v) is 8.28. The molecule has 0 aromatic heterocycles. The van der Waals surface area contributed by atoms with Gasteiger partial charge in [-0.2, -0.15) is 0 Å². The summed E-state index contributed by atoms with van der Waals surface area (Å²) >= 11 is 0. The first-order chi connectivity index (χ1) is 7.43. The highest BCUT2D eigenvalue weighted by molar-refractivity contribution is 7.63. The third-order valence-corrected chi connectivity index (χ3v) is 6.45. The SMILES string of the molecule is CCP(=O)(CC)COC1CC(C)C(F)=C1C. The summed E-state index contributed by atoms with van der Waals surface area (Å²) in [7, 11) is -2.17. The molecule has 4 heteroatoms. The first kappa shape index (κ1) is 13.9. The molecule has 0 saturated carbocycles. The summed E-state index contributed by atoms with van der Waals surface area (Å²) in [4.78, 5) is 0. The van der Waals surface area contributed by atoms with Gasteiger partial charge in [-0.05, 0) is 18.9 Å². The molecular formula is C12H22FO2P. The maximum atomic E-state index is 13.5. The number of hydrogen-bond donors (Lipinski definition) is 0. The molecule has 0 fully saturated rings. The predicted molar refractivity (Wildman–Crippen MR) is 66.0 cm³/mol. The molecule has 0 spiro atoms. The molecule has 94 valence electrons. The molecule has 1 aliphatic rings. The summed E-state index contributed by atoms with van der Waals surface area (Å²) in [6.07, 6.45) is 2.14. The first-order valence-corrected chi connectivity index (χ1v) is 8.24. The molecule has 0 saturated heterocycles. The topological polar surface area (TPSA) is 26.3 Å². The van der Waals surface area contributed by atoms with Gasteiger partial charge >= 0.3 is 0 Å². The van der Waals surface area contributed by atoms with Gasteiger partial charge in [0, 0.05) is 18.2 Å². The van der Waals surface area contributed by atoms with Crippen LogP contribution in [0.25, 0.3) is 0 Å². The average Bonchev–Trinajstić information content (AvgIpc) is 2.54. The van der Waals surface area contributed by atoms with Gasteiger partial charge in [0.1, 0.15) is 19.3 Å². The minimum absolute atomic E-state index is 0.0483. The second kappa shape index (κ2) is 5.46. The van der Waals surface area contributed by atoms with Gasteiger partial charge in [-0.3, -0.25) is 0 Å². The average molecular weight is 248 g/mol. The minimum atomic E-state index is -2.17. The van der Waals surface area contributed by atoms with E-state index in [1.54, 1.807) is 6.92 Å². The van der Waals surface area contributed by atoms with E-state index in [1.807, 2.05) is 20.8 Å². The van der Waals surface area contributed by atoms with Gasteiger partial charge in [-0.1, -0.05) is 20.8 Å². The monoisotopic (exact) mass is 248 g/mol. The Labute approximate surface area is 97.6 Å². The summed E-state index contributed by atoms with van der Waals surface area (Å²) in [6, 6.07) is 0. The molecule has 16 heavy (non-hydrogen) atoms. The van der Waals surface area contributed by atoms with Crippen molar-refractivity contribution in [2.24, 2.45) is 5.92 Å². The summed E-state index contributed by atoms with van der Waals surface area (Å²) < 4.78 is 31.3. The van der Waals surface area contributed by atoms with Crippen LogP contribution in [0.3, 0.4) is 0 Å². The summed E-state index contributed by atoms with van der Waals surface area (Å²) in [5.74, 6) is -0.0968. The highest BCUT2D eigenvalue weighted by Gasteiger charge is 2.31. The van der Waals surface area contributed by atoms with Crippen LogP contribution >= 0.6 is 7.14 Å². The van der Waals surface area contributed by atoms with E-state index in [0.29, 0.717) is 30.7 Å². The molecule has 0 heterocycles. The normalized spacial score (nSPS) is 26.6. The Balaban J connectivity index is 2.56. The van der Waals surface area contributed by atoms with Crippen molar-refractivity contribution in [1.29, 1.82) is 0 Å². The highest BCUT2D eigenvalue weighted by atomic mass is 31.2. The van der Waals surface area contributed by atoms with E-state index in [4.69, 9.17) is 4.74 Å². The van der Waals surface area contributed by atoms with E-state index in [9.17, 15) is 8.96 Å². The lowest BCUT2D eigenvalue weighted by Gasteiger charge is -2.19. The summed E-state index contributed by atoms with van der Waals surface area (Å²) in [5, 5.41) is 0. The lowest BCUT2D eigenvalue weighted by molar-refractivity contribution is 0.107. The molecule has 0 radical (unpaired) electrons. The Hall–Kier alpha value is -0.140. The van der Waals surface area contributed by atoms with Crippen molar-refractivity contribution in [1.82, 2.24) is 0 Å². The molecule has 0 aromatic carbocycles. The third-order valence-electron chi connectivity index (χ3n) is 3.52. The molecule has 0 N–H and O–H groups in total. The maximum Gasteiger partial charge on any atom is 0.112 e. The molecule has 1 aliphatic carbocycles. The lowest BCUT2D eigenvalue weighted by atomic mass is 10.1. The zero-order valence-electron chi connectivity index (χ0n) is 10.6. The van der Waals surface area contributed by atoms with Crippen LogP contribution in [-0.2, 0) is 9.30 Å². The van der Waals surface area contributed by atoms with Gasteiger partial charge in [-0.25, -0.2) is 4.39 Å². The van der Waals surface area contributed by atoms with Crippen LogP contribution in [0.5, 0.6) is 0 Å². The fourth-order valence-corrected chi connectivity index (χ4v) is 3.23. The second-order valence-electron chi connectivity index (χ2n) is 4.64. The van der Waals surface area contributed by atoms with Gasteiger partial charge in [-0.15, -0.1) is 0 Å². The number of rotatable bonds is 5. The van der Waals surface area contributed by atoms with Gasteiger partial charge in [0.15, 0.2) is 0 Å². The van der Waals surface area contributed by atoms with Crippen molar-refractivity contribution in [2.45, 2.75) is 40.2 Å². The van der Waals surface area contributed by atoms with Crippen molar-refractivity contribution < 1.29 is 13.7 Å². The fourth-order valence-electron chi connectivity index (χ4n) is 1.97. The molecule has 1 rings (SSSR count). The van der Waals surface area contributed by atoms with Crippen LogP contribution < -0.4 is 0 Å². The smallest absolute Gasteiger partial charge is 0.112 e. The molecule has 0 aliphatic heterocycles. The minimum Gasteiger partial charge on any atom is -0.366 e. The van der Waals surface area contributed by atoms with Crippen molar-refractivity contribution in [3.8, 4) is 0 Å². The van der Waals surface area contributed by atoms with E-state index in [0.717, 1.165) is 0 Å². The molecule has 2 atom stereocenters. The fraction of sp³-hybridized carbons (Fsp3) is 0.833. The lowest BCUT2D eigenvalue weighted by Crippen LogP contribution is -2.14. The Morgan fingerprint density at radius 1 is 1.44 bits per heavy atom. The van der Waals surface area contributed by atoms with E-state index in [2.05, 4.69) is 0 Å². The van der Waals surface area contributed by atoms with Crippen LogP contribution in [0.2, 0.25) is 0 Å². The van der Waals surface area contributed by atoms with Crippen molar-refractivity contribution in [2.75, 3.05) is 18.7 Å². The van der Waals surface area contributed by atoms with E-state index >= 15 is 0 Å². The van der Waals surface area contributed by atoms with Gasteiger partial charge in [0.05, 0.1) is 6.10 Å². The predicted octanol–water partition coefficient (Wildman–Crippen LogP) is 4.02. The Kier molecular flexibility index (Phi) is 4.75. The molecule has 0 amide bonds. The van der Waals surface area contributed by atoms with Crippen molar-refractivity contribution in [3.63, 3.8) is 0 Å². The number of hydrogen-bond acceptors (Lipinski definition) is 2. The molecule has 0 aromatic rings. The molecular weight excluding hydrogens is 226 g/mol. The zero-order valence-corrected chi connectivity index (χ0v) is 11.5. The molecule has 2 nitrogen and oxygen atoms in total. The van der Waals surface area contributed by atoms with Gasteiger partial charge in [0.2, 0.25) is 0 Å². The van der Waals surface area contributed by atoms with E-state index < -0.39 is 7.14 Å². The standard InChI is InChI=1S/C12H22FO2P/c1-5-16(14,6-2)8-15-11-7-9(3)12(13)10(11)4/h9,11H,5-8H2,1-4H3. The largest absolute Gasteiger partial charge is 0.366 e. The van der Waals surface area contributed by atoms with Gasteiger partial charge < -0.3 is 9.30 Å². The third kappa shape index (κ3) is 2.95. The van der Waals surface area contributed by atoms with Crippen LogP contribution in [0.15, 0.2) is 11.4 Å². The van der Waals surface area contributed by atoms with E-state index in [1.165, 1.54) is 0 Å². The Bertz CT molecular complexity index is 317. The quantitative estimate of drug-likeness (QED) is 0.687. The van der Waals surface area contributed by atoms with Crippen LogP contribution in [-0.4, -0.2) is 24.8 Å².